The number of carbonyl (C=O) groups excluding carboxylic acids is 1. The van der Waals surface area contributed by atoms with Gasteiger partial charge in [-0.1, -0.05) is 36.9 Å². The lowest BCUT2D eigenvalue weighted by Gasteiger charge is -2.04. The minimum Gasteiger partial charge on any atom is -0.457 e. The molecule has 0 N–H and O–H groups in total. The van der Waals surface area contributed by atoms with Gasteiger partial charge in [-0.25, -0.2) is 9.18 Å². The zero-order chi connectivity index (χ0) is 12.0. The summed E-state index contributed by atoms with van der Waals surface area (Å²) >= 11 is 0. The molecule has 0 fully saturated rings. The summed E-state index contributed by atoms with van der Waals surface area (Å²) in [7, 11) is 0. The van der Waals surface area contributed by atoms with Crippen LogP contribution in [-0.2, 0) is 16.1 Å². The van der Waals surface area contributed by atoms with Gasteiger partial charge in [0.15, 0.2) is 0 Å². The fourth-order valence-corrected chi connectivity index (χ4v) is 1.08. The summed E-state index contributed by atoms with van der Waals surface area (Å²) in [5.41, 5.74) is 0.800. The SMILES string of the molecule is C=C/C(F)=C(\C)C(=O)OCc1ccccc1. The van der Waals surface area contributed by atoms with E-state index in [9.17, 15) is 9.18 Å². The summed E-state index contributed by atoms with van der Waals surface area (Å²) in [5, 5.41) is 0. The maximum Gasteiger partial charge on any atom is 0.337 e. The van der Waals surface area contributed by atoms with Crippen LogP contribution >= 0.6 is 0 Å². The van der Waals surface area contributed by atoms with Gasteiger partial charge >= 0.3 is 5.97 Å². The molecule has 0 aliphatic heterocycles. The Hall–Kier alpha value is -1.90. The monoisotopic (exact) mass is 220 g/mol. The number of hydrogen-bond acceptors (Lipinski definition) is 2. The van der Waals surface area contributed by atoms with E-state index in [0.29, 0.717) is 0 Å². The fraction of sp³-hybridized carbons (Fsp3) is 0.154. The van der Waals surface area contributed by atoms with Gasteiger partial charge < -0.3 is 4.74 Å². The molecule has 0 atom stereocenters. The second kappa shape index (κ2) is 5.85. The van der Waals surface area contributed by atoms with Gasteiger partial charge in [0.1, 0.15) is 12.4 Å². The largest absolute Gasteiger partial charge is 0.457 e. The maximum atomic E-state index is 13.0. The molecular weight excluding hydrogens is 207 g/mol. The zero-order valence-electron chi connectivity index (χ0n) is 9.07. The molecule has 0 heterocycles. The lowest BCUT2D eigenvalue weighted by molar-refractivity contribution is -0.140. The lowest BCUT2D eigenvalue weighted by Crippen LogP contribution is -2.06. The first-order valence-electron chi connectivity index (χ1n) is 4.85. The number of benzene rings is 1. The third-order valence-corrected chi connectivity index (χ3v) is 2.06. The predicted molar refractivity (Wildman–Crippen MR) is 60.2 cm³/mol. The van der Waals surface area contributed by atoms with Gasteiger partial charge in [0, 0.05) is 0 Å². The number of carbonyl (C=O) groups is 1. The molecule has 1 aromatic rings. The fourth-order valence-electron chi connectivity index (χ4n) is 1.08. The molecule has 2 nitrogen and oxygen atoms in total. The average Bonchev–Trinajstić information content (AvgIpc) is 2.35. The third-order valence-electron chi connectivity index (χ3n) is 2.06. The van der Waals surface area contributed by atoms with Crippen molar-refractivity contribution in [2.45, 2.75) is 13.5 Å². The molecule has 0 amide bonds. The second-order valence-electron chi connectivity index (χ2n) is 3.24. The number of halogens is 1. The minimum atomic E-state index is -0.666. The normalized spacial score (nSPS) is 11.6. The van der Waals surface area contributed by atoms with Crippen LogP contribution < -0.4 is 0 Å². The second-order valence-corrected chi connectivity index (χ2v) is 3.24. The van der Waals surface area contributed by atoms with Crippen molar-refractivity contribution in [1.82, 2.24) is 0 Å². The van der Waals surface area contributed by atoms with Crippen molar-refractivity contribution >= 4 is 5.97 Å². The lowest BCUT2D eigenvalue weighted by atomic mass is 10.2. The predicted octanol–water partition coefficient (Wildman–Crippen LogP) is 3.16. The molecule has 0 spiro atoms. The number of hydrogen-bond donors (Lipinski definition) is 0. The van der Waals surface area contributed by atoms with Gasteiger partial charge in [-0.05, 0) is 18.6 Å². The van der Waals surface area contributed by atoms with Crippen LogP contribution in [0, 0.1) is 0 Å². The summed E-state index contributed by atoms with van der Waals surface area (Å²) in [5.74, 6) is -1.32. The van der Waals surface area contributed by atoms with Crippen LogP contribution in [-0.4, -0.2) is 5.97 Å². The topological polar surface area (TPSA) is 26.3 Å². The van der Waals surface area contributed by atoms with Crippen molar-refractivity contribution in [2.75, 3.05) is 0 Å². The molecule has 84 valence electrons. The van der Waals surface area contributed by atoms with E-state index in [1.165, 1.54) is 6.92 Å². The molecule has 0 aliphatic rings. The molecule has 0 saturated heterocycles. The van der Waals surface area contributed by atoms with Crippen LogP contribution in [0.1, 0.15) is 12.5 Å². The van der Waals surface area contributed by atoms with Crippen molar-refractivity contribution in [3.8, 4) is 0 Å². The number of esters is 1. The van der Waals surface area contributed by atoms with Crippen molar-refractivity contribution in [1.29, 1.82) is 0 Å². The van der Waals surface area contributed by atoms with E-state index in [0.717, 1.165) is 11.6 Å². The van der Waals surface area contributed by atoms with Gasteiger partial charge in [-0.2, -0.15) is 0 Å². The molecule has 0 saturated carbocycles. The van der Waals surface area contributed by atoms with Crippen molar-refractivity contribution in [2.24, 2.45) is 0 Å². The van der Waals surface area contributed by atoms with E-state index < -0.39 is 11.8 Å². The van der Waals surface area contributed by atoms with Crippen molar-refractivity contribution < 1.29 is 13.9 Å². The van der Waals surface area contributed by atoms with Gasteiger partial charge in [-0.15, -0.1) is 0 Å². The Bertz CT molecular complexity index is 407. The van der Waals surface area contributed by atoms with Crippen LogP contribution in [0.3, 0.4) is 0 Å². The first-order chi connectivity index (χ1) is 7.65. The summed E-state index contributed by atoms with van der Waals surface area (Å²) < 4.78 is 17.9. The van der Waals surface area contributed by atoms with E-state index >= 15 is 0 Å². The molecule has 16 heavy (non-hydrogen) atoms. The maximum absolute atomic E-state index is 13.0. The van der Waals surface area contributed by atoms with E-state index in [-0.39, 0.29) is 12.2 Å². The zero-order valence-corrected chi connectivity index (χ0v) is 9.07. The summed E-state index contributed by atoms with van der Waals surface area (Å²) in [6, 6.07) is 9.21. The average molecular weight is 220 g/mol. The van der Waals surface area contributed by atoms with Crippen LogP contribution in [0.25, 0.3) is 0 Å². The smallest absolute Gasteiger partial charge is 0.337 e. The molecule has 3 heteroatoms. The Morgan fingerprint density at radius 3 is 2.62 bits per heavy atom. The molecule has 0 unspecified atom stereocenters. The van der Waals surface area contributed by atoms with Crippen LogP contribution in [0.2, 0.25) is 0 Å². The third kappa shape index (κ3) is 3.35. The number of allylic oxidation sites excluding steroid dienone is 2. The number of ether oxygens (including phenoxy) is 1. The van der Waals surface area contributed by atoms with Gasteiger partial charge in [0.2, 0.25) is 0 Å². The highest BCUT2D eigenvalue weighted by molar-refractivity contribution is 5.88. The quantitative estimate of drug-likeness (QED) is 0.442. The van der Waals surface area contributed by atoms with Crippen molar-refractivity contribution in [3.63, 3.8) is 0 Å². The van der Waals surface area contributed by atoms with Gasteiger partial charge in [0.25, 0.3) is 0 Å². The molecule has 0 aromatic heterocycles. The van der Waals surface area contributed by atoms with E-state index in [4.69, 9.17) is 4.74 Å². The van der Waals surface area contributed by atoms with E-state index in [1.807, 2.05) is 30.3 Å². The summed E-state index contributed by atoms with van der Waals surface area (Å²) in [6.07, 6.45) is 0.985. The first kappa shape index (κ1) is 12.2. The highest BCUT2D eigenvalue weighted by Crippen LogP contribution is 2.10. The van der Waals surface area contributed by atoms with E-state index in [2.05, 4.69) is 6.58 Å². The molecule has 0 aliphatic carbocycles. The molecule has 1 rings (SSSR count). The first-order valence-corrected chi connectivity index (χ1v) is 4.85. The Balaban J connectivity index is 2.57. The Labute approximate surface area is 94.0 Å². The highest BCUT2D eigenvalue weighted by atomic mass is 19.1. The molecule has 0 radical (unpaired) electrons. The Kier molecular flexibility index (Phi) is 4.45. The molecule has 1 aromatic carbocycles. The van der Waals surface area contributed by atoms with Crippen LogP contribution in [0.15, 0.2) is 54.4 Å². The Morgan fingerprint density at radius 2 is 2.06 bits per heavy atom. The standard InChI is InChI=1S/C13H13FO2/c1-3-12(14)10(2)13(15)16-9-11-7-5-4-6-8-11/h3-8H,1,9H2,2H3/b12-10-. The molecule has 0 bridgehead atoms. The summed E-state index contributed by atoms with van der Waals surface area (Å²) in [6.45, 7) is 4.75. The van der Waals surface area contributed by atoms with Crippen LogP contribution in [0.5, 0.6) is 0 Å². The highest BCUT2D eigenvalue weighted by Gasteiger charge is 2.10. The van der Waals surface area contributed by atoms with Gasteiger partial charge in [0.05, 0.1) is 5.57 Å². The van der Waals surface area contributed by atoms with E-state index in [1.54, 1.807) is 0 Å². The summed E-state index contributed by atoms with van der Waals surface area (Å²) in [4.78, 5) is 11.3. The van der Waals surface area contributed by atoms with Crippen LogP contribution in [0.4, 0.5) is 4.39 Å². The van der Waals surface area contributed by atoms with Crippen molar-refractivity contribution in [3.05, 3.63) is 60.0 Å². The minimum absolute atomic E-state index is 0.0640. The van der Waals surface area contributed by atoms with Gasteiger partial charge in [-0.3, -0.25) is 0 Å². The number of rotatable bonds is 4. The Morgan fingerprint density at radius 1 is 1.44 bits per heavy atom. The molecular formula is C13H13FO2.